The van der Waals surface area contributed by atoms with E-state index in [2.05, 4.69) is 100 Å². The van der Waals surface area contributed by atoms with Crippen molar-refractivity contribution in [2.45, 2.75) is 0 Å². The number of methoxy groups -OCH3 is 4. The summed E-state index contributed by atoms with van der Waals surface area (Å²) in [5.41, 5.74) is -0.834. The summed E-state index contributed by atoms with van der Waals surface area (Å²) in [5, 5.41) is 25.5. The normalized spacial score (nSPS) is 10.3. The molecule has 0 saturated heterocycles. The van der Waals surface area contributed by atoms with Crippen LogP contribution >= 0.6 is 7.26 Å². The molecule has 0 atom stereocenters. The van der Waals surface area contributed by atoms with Gasteiger partial charge in [-0.3, -0.25) is 25.0 Å². The van der Waals surface area contributed by atoms with Crippen LogP contribution in [0.2, 0.25) is 0 Å². The number of ether oxygens (including phenoxy) is 4. The van der Waals surface area contributed by atoms with Gasteiger partial charge in [0.1, 0.15) is 34.3 Å². The first kappa shape index (κ1) is 44.9. The van der Waals surface area contributed by atoms with Crippen molar-refractivity contribution in [1.29, 1.82) is 0 Å². The van der Waals surface area contributed by atoms with Gasteiger partial charge in [0.25, 0.3) is 11.4 Å². The van der Waals surface area contributed by atoms with Crippen molar-refractivity contribution in [3.63, 3.8) is 0 Å². The van der Waals surface area contributed by atoms with Crippen LogP contribution in [0.15, 0.2) is 134 Å². The fourth-order valence-corrected chi connectivity index (χ4v) is 9.13. The number of halogens is 1. The van der Waals surface area contributed by atoms with Crippen molar-refractivity contribution < 1.29 is 55.6 Å². The molecule has 0 aliphatic rings. The Morgan fingerprint density at radius 2 is 0.982 bits per heavy atom. The SMILES string of the molecule is CO/C=C/c1cccc([N+](=O)[O-])c1C(=O)OC.COC(=O)c1c(C=O)cccc1[N+](=O)[O-].COC[P+](c1ccccc1)(c1ccccc1)c1ccccc1.[Cl-]. The zero-order valence-corrected chi connectivity index (χ0v) is 31.9. The highest BCUT2D eigenvalue weighted by atomic mass is 35.5. The van der Waals surface area contributed by atoms with Gasteiger partial charge >= 0.3 is 11.9 Å². The molecule has 0 unspecified atom stereocenters. The molecule has 5 aromatic carbocycles. The van der Waals surface area contributed by atoms with Crippen molar-refractivity contribution in [2.24, 2.45) is 0 Å². The molecule has 0 N–H and O–H groups in total. The molecular weight excluding hydrogens is 751 g/mol. The van der Waals surface area contributed by atoms with E-state index in [1.54, 1.807) is 13.2 Å². The lowest BCUT2D eigenvalue weighted by Crippen LogP contribution is -3.00. The number of carbonyl (C=O) groups excluding carboxylic acids is 3. The third kappa shape index (κ3) is 11.4. The molecule has 13 nitrogen and oxygen atoms in total. The Bertz CT molecular complexity index is 1970. The molecule has 0 fully saturated rings. The summed E-state index contributed by atoms with van der Waals surface area (Å²) < 4.78 is 19.3. The standard InChI is InChI=1S/C20H20OP.C11H11NO5.C9H7NO5.ClH/c1-21-17-22(18-11-5-2-6-12-18,19-13-7-3-8-14-19)20-15-9-4-10-16-20;1-16-7-6-8-4-3-5-9(12(14)15)10(8)11(13)17-2;1-15-9(12)8-6(5-11)3-2-4-7(8)10(13)14;/h2-16H,17H2,1H3;3-7H,1-2H3;2-5H,1H3;1H/q+1;;;/p-1/b;7-6+;;. The van der Waals surface area contributed by atoms with Gasteiger partial charge in [0, 0.05) is 24.8 Å². The van der Waals surface area contributed by atoms with E-state index in [4.69, 9.17) is 9.47 Å². The maximum Gasteiger partial charge on any atom is 0.345 e. The average Bonchev–Trinajstić information content (AvgIpc) is 3.22. The summed E-state index contributed by atoms with van der Waals surface area (Å²) in [4.78, 5) is 53.4. The van der Waals surface area contributed by atoms with Crippen LogP contribution in [0.4, 0.5) is 11.4 Å². The molecule has 15 heteroatoms. The predicted molar refractivity (Wildman–Crippen MR) is 207 cm³/mol. The van der Waals surface area contributed by atoms with Gasteiger partial charge in [-0.25, -0.2) is 9.59 Å². The number of esters is 2. The fraction of sp³-hybridized carbons (Fsp3) is 0.125. The number of nitrogens with zero attached hydrogens (tertiary/aromatic N) is 2. The van der Waals surface area contributed by atoms with Crippen LogP contribution < -0.4 is 28.3 Å². The molecule has 0 aliphatic carbocycles. The third-order valence-electron chi connectivity index (χ3n) is 7.75. The molecule has 0 heterocycles. The van der Waals surface area contributed by atoms with Gasteiger partial charge < -0.3 is 31.4 Å². The van der Waals surface area contributed by atoms with Crippen LogP contribution in [0.25, 0.3) is 6.08 Å². The molecule has 0 bridgehead atoms. The Morgan fingerprint density at radius 3 is 1.31 bits per heavy atom. The van der Waals surface area contributed by atoms with Crippen molar-refractivity contribution in [3.8, 4) is 0 Å². The van der Waals surface area contributed by atoms with Crippen molar-refractivity contribution in [3.05, 3.63) is 176 Å². The minimum atomic E-state index is -1.78. The second-order valence-corrected chi connectivity index (χ2v) is 14.3. The summed E-state index contributed by atoms with van der Waals surface area (Å²) in [6.07, 6.45) is 3.87. The van der Waals surface area contributed by atoms with E-state index in [1.807, 2.05) is 0 Å². The lowest BCUT2D eigenvalue weighted by Gasteiger charge is -2.26. The van der Waals surface area contributed by atoms with E-state index < -0.39 is 34.7 Å². The molecule has 55 heavy (non-hydrogen) atoms. The molecule has 0 aliphatic heterocycles. The first-order chi connectivity index (χ1) is 26.1. The van der Waals surface area contributed by atoms with E-state index in [0.717, 1.165) is 13.2 Å². The number of hydrogen-bond donors (Lipinski definition) is 0. The first-order valence-corrected chi connectivity index (χ1v) is 18.0. The maximum atomic E-state index is 11.5. The lowest BCUT2D eigenvalue weighted by molar-refractivity contribution is -0.385. The Morgan fingerprint density at radius 1 is 0.600 bits per heavy atom. The molecule has 286 valence electrons. The van der Waals surface area contributed by atoms with E-state index in [9.17, 15) is 34.6 Å². The van der Waals surface area contributed by atoms with Crippen molar-refractivity contribution in [2.75, 3.05) is 34.8 Å². The highest BCUT2D eigenvalue weighted by molar-refractivity contribution is 7.95. The topological polar surface area (TPSA) is 174 Å². The quantitative estimate of drug-likeness (QED) is 0.0450. The average molecular weight is 789 g/mol. The Hall–Kier alpha value is -6.27. The van der Waals surface area contributed by atoms with Crippen molar-refractivity contribution >= 4 is 58.9 Å². The number of benzene rings is 5. The third-order valence-corrected chi connectivity index (χ3v) is 11.9. The second-order valence-electron chi connectivity index (χ2n) is 10.9. The van der Waals surface area contributed by atoms with Gasteiger partial charge in [0.2, 0.25) is 0 Å². The van der Waals surface area contributed by atoms with Crippen LogP contribution in [0.1, 0.15) is 36.6 Å². The summed E-state index contributed by atoms with van der Waals surface area (Å²) >= 11 is 0. The molecular formula is C40H38ClN2O11P. The maximum absolute atomic E-state index is 11.5. The van der Waals surface area contributed by atoms with Crippen LogP contribution in [0.5, 0.6) is 0 Å². The highest BCUT2D eigenvalue weighted by Crippen LogP contribution is 2.55. The molecule has 0 spiro atoms. The van der Waals surface area contributed by atoms with Crippen LogP contribution in [0, 0.1) is 20.2 Å². The molecule has 0 radical (unpaired) electrons. The van der Waals surface area contributed by atoms with Gasteiger partial charge in [-0.1, -0.05) is 78.9 Å². The largest absolute Gasteiger partial charge is 1.00 e. The highest BCUT2D eigenvalue weighted by Gasteiger charge is 2.45. The number of hydrogen-bond acceptors (Lipinski definition) is 11. The van der Waals surface area contributed by atoms with E-state index in [-0.39, 0.29) is 34.8 Å². The van der Waals surface area contributed by atoms with Crippen LogP contribution in [0.3, 0.4) is 0 Å². The fourth-order valence-electron chi connectivity index (χ4n) is 5.36. The molecule has 0 aromatic heterocycles. The van der Waals surface area contributed by atoms with Crippen LogP contribution in [-0.2, 0) is 18.9 Å². The number of nitro benzene ring substituents is 2. The van der Waals surface area contributed by atoms with Gasteiger partial charge in [0.05, 0.1) is 37.4 Å². The zero-order chi connectivity index (χ0) is 39.5. The summed E-state index contributed by atoms with van der Waals surface area (Å²) in [6.45, 7) is 0. The van der Waals surface area contributed by atoms with Gasteiger partial charge in [-0.2, -0.15) is 0 Å². The van der Waals surface area contributed by atoms with Crippen LogP contribution in [-0.4, -0.2) is 62.9 Å². The Labute approximate surface area is 324 Å². The number of rotatable bonds is 12. The molecule has 5 aromatic rings. The first-order valence-electron chi connectivity index (χ1n) is 16.0. The summed E-state index contributed by atoms with van der Waals surface area (Å²) in [7, 11) is 3.72. The molecule has 0 saturated carbocycles. The minimum Gasteiger partial charge on any atom is -1.00 e. The van der Waals surface area contributed by atoms with E-state index >= 15 is 0 Å². The van der Waals surface area contributed by atoms with Gasteiger partial charge in [0.15, 0.2) is 12.6 Å². The number of aldehydes is 1. The Balaban J connectivity index is 0.000000289. The monoisotopic (exact) mass is 788 g/mol. The smallest absolute Gasteiger partial charge is 0.345 e. The number of nitro groups is 2. The lowest BCUT2D eigenvalue weighted by atomic mass is 10.1. The summed E-state index contributed by atoms with van der Waals surface area (Å²) in [5.74, 6) is -1.66. The van der Waals surface area contributed by atoms with Crippen molar-refractivity contribution in [1.82, 2.24) is 0 Å². The molecule has 5 rings (SSSR count). The van der Waals surface area contributed by atoms with E-state index in [1.165, 1.54) is 66.7 Å². The molecule has 0 amide bonds. The van der Waals surface area contributed by atoms with Gasteiger partial charge in [-0.15, -0.1) is 0 Å². The van der Waals surface area contributed by atoms with E-state index in [0.29, 0.717) is 18.2 Å². The predicted octanol–water partition coefficient (Wildman–Crippen LogP) is 3.78. The zero-order valence-electron chi connectivity index (χ0n) is 30.3. The summed E-state index contributed by atoms with van der Waals surface area (Å²) in [6, 6.07) is 40.4. The minimum absolute atomic E-state index is 0. The Kier molecular flexibility index (Phi) is 18.5. The second kappa shape index (κ2) is 22.7. The number of carbonyl (C=O) groups is 3. The van der Waals surface area contributed by atoms with Gasteiger partial charge in [-0.05, 0) is 48.0 Å².